The van der Waals surface area contributed by atoms with Gasteiger partial charge in [0.05, 0.1) is 5.56 Å². The second kappa shape index (κ2) is 6.23. The van der Waals surface area contributed by atoms with Gasteiger partial charge in [0, 0.05) is 30.9 Å². The van der Waals surface area contributed by atoms with Gasteiger partial charge in [-0.05, 0) is 26.3 Å². The lowest BCUT2D eigenvalue weighted by Gasteiger charge is -2.11. The normalized spacial score (nSPS) is 10.7. The first kappa shape index (κ1) is 14.3. The van der Waals surface area contributed by atoms with E-state index in [1.165, 1.54) is 0 Å². The fraction of sp³-hybridized carbons (Fsp3) is 0.538. The minimum Gasteiger partial charge on any atom is -0.478 e. The molecule has 0 fully saturated rings. The molecule has 18 heavy (non-hydrogen) atoms. The molecular formula is C13H20N2O3. The van der Waals surface area contributed by atoms with Crippen LogP contribution in [0.5, 0.6) is 0 Å². The number of nitrogens with zero attached hydrogens (tertiary/aromatic N) is 1. The molecule has 0 spiro atoms. The van der Waals surface area contributed by atoms with Gasteiger partial charge in [0.2, 0.25) is 5.91 Å². The molecule has 0 aliphatic heterocycles. The highest BCUT2D eigenvalue weighted by atomic mass is 16.4. The van der Waals surface area contributed by atoms with E-state index in [4.69, 9.17) is 5.11 Å². The molecule has 0 aromatic carbocycles. The maximum Gasteiger partial charge on any atom is 0.337 e. The van der Waals surface area contributed by atoms with Gasteiger partial charge >= 0.3 is 5.97 Å². The number of hydrogen-bond donors (Lipinski definition) is 2. The molecular weight excluding hydrogens is 232 g/mol. The Morgan fingerprint density at radius 3 is 2.61 bits per heavy atom. The van der Waals surface area contributed by atoms with Crippen LogP contribution in [-0.2, 0) is 17.8 Å². The lowest BCUT2D eigenvalue weighted by atomic mass is 10.2. The fourth-order valence-electron chi connectivity index (χ4n) is 1.92. The second-order valence-corrected chi connectivity index (χ2v) is 4.50. The van der Waals surface area contributed by atoms with Crippen molar-refractivity contribution in [1.29, 1.82) is 0 Å². The Morgan fingerprint density at radius 2 is 2.11 bits per heavy atom. The molecule has 0 atom stereocenters. The molecule has 0 saturated carbocycles. The Hall–Kier alpha value is -1.78. The number of carboxylic acids is 1. The summed E-state index contributed by atoms with van der Waals surface area (Å²) in [5.74, 6) is -0.935. The van der Waals surface area contributed by atoms with Crippen LogP contribution in [0.3, 0.4) is 0 Å². The van der Waals surface area contributed by atoms with Gasteiger partial charge in [-0.15, -0.1) is 0 Å². The molecule has 0 unspecified atom stereocenters. The maximum atomic E-state index is 11.5. The zero-order valence-corrected chi connectivity index (χ0v) is 11.1. The van der Waals surface area contributed by atoms with E-state index >= 15 is 0 Å². The van der Waals surface area contributed by atoms with Crippen LogP contribution < -0.4 is 5.32 Å². The van der Waals surface area contributed by atoms with Crippen molar-refractivity contribution in [2.45, 2.75) is 46.2 Å². The molecule has 5 nitrogen and oxygen atoms in total. The third-order valence-electron chi connectivity index (χ3n) is 2.67. The van der Waals surface area contributed by atoms with E-state index in [2.05, 4.69) is 5.32 Å². The van der Waals surface area contributed by atoms with Crippen molar-refractivity contribution in [3.05, 3.63) is 23.5 Å². The van der Waals surface area contributed by atoms with Gasteiger partial charge in [-0.25, -0.2) is 4.79 Å². The van der Waals surface area contributed by atoms with Crippen molar-refractivity contribution < 1.29 is 14.7 Å². The van der Waals surface area contributed by atoms with Gasteiger partial charge in [0.15, 0.2) is 0 Å². The monoisotopic (exact) mass is 252 g/mol. The number of aromatic nitrogens is 1. The van der Waals surface area contributed by atoms with Crippen LogP contribution in [-0.4, -0.2) is 27.6 Å². The van der Waals surface area contributed by atoms with Crippen LogP contribution in [0.1, 0.15) is 43.2 Å². The molecule has 1 heterocycles. The predicted molar refractivity (Wildman–Crippen MR) is 68.7 cm³/mol. The van der Waals surface area contributed by atoms with Crippen LogP contribution in [0.4, 0.5) is 0 Å². The first-order valence-corrected chi connectivity index (χ1v) is 6.16. The summed E-state index contributed by atoms with van der Waals surface area (Å²) in [7, 11) is 0. The molecule has 1 rings (SSSR count). The van der Waals surface area contributed by atoms with Crippen LogP contribution in [0.25, 0.3) is 0 Å². The van der Waals surface area contributed by atoms with Gasteiger partial charge in [-0.2, -0.15) is 0 Å². The van der Waals surface area contributed by atoms with E-state index in [-0.39, 0.29) is 11.9 Å². The van der Waals surface area contributed by atoms with E-state index in [1.807, 2.05) is 25.3 Å². The molecule has 2 N–H and O–H groups in total. The SMILES string of the molecule is CCc1c(C(=O)O)ccn1CCC(=O)NC(C)C. The molecule has 1 amide bonds. The third kappa shape index (κ3) is 3.61. The zero-order valence-electron chi connectivity index (χ0n) is 11.1. The summed E-state index contributed by atoms with van der Waals surface area (Å²) in [6, 6.07) is 1.71. The van der Waals surface area contributed by atoms with Crippen LogP contribution in [0, 0.1) is 0 Å². The summed E-state index contributed by atoms with van der Waals surface area (Å²) in [6.07, 6.45) is 2.73. The summed E-state index contributed by atoms with van der Waals surface area (Å²) in [4.78, 5) is 22.5. The molecule has 0 aliphatic carbocycles. The molecule has 0 radical (unpaired) electrons. The molecule has 0 aliphatic rings. The highest BCUT2D eigenvalue weighted by Gasteiger charge is 2.14. The van der Waals surface area contributed by atoms with Crippen LogP contribution in [0.2, 0.25) is 0 Å². The number of rotatable bonds is 6. The van der Waals surface area contributed by atoms with Crippen LogP contribution >= 0.6 is 0 Å². The highest BCUT2D eigenvalue weighted by molar-refractivity contribution is 5.89. The fourth-order valence-corrected chi connectivity index (χ4v) is 1.92. The zero-order chi connectivity index (χ0) is 13.7. The van der Waals surface area contributed by atoms with Crippen LogP contribution in [0.15, 0.2) is 12.3 Å². The standard InChI is InChI=1S/C13H20N2O3/c1-4-11-10(13(17)18)5-7-15(11)8-6-12(16)14-9(2)3/h5,7,9H,4,6,8H2,1-3H3,(H,14,16)(H,17,18). The Morgan fingerprint density at radius 1 is 1.44 bits per heavy atom. The number of carboxylic acid groups (broad SMARTS) is 1. The van der Waals surface area contributed by atoms with Crippen molar-refractivity contribution in [3.8, 4) is 0 Å². The Kier molecular flexibility index (Phi) is 4.95. The van der Waals surface area contributed by atoms with Crippen molar-refractivity contribution >= 4 is 11.9 Å². The van der Waals surface area contributed by atoms with Crippen molar-refractivity contribution in [1.82, 2.24) is 9.88 Å². The van der Waals surface area contributed by atoms with Gasteiger partial charge in [0.1, 0.15) is 0 Å². The number of carbonyl (C=O) groups excluding carboxylic acids is 1. The summed E-state index contributed by atoms with van der Waals surface area (Å²) in [5, 5.41) is 11.8. The molecule has 0 saturated heterocycles. The van der Waals surface area contributed by atoms with Crippen molar-refractivity contribution in [2.75, 3.05) is 0 Å². The minimum absolute atomic E-state index is 0.0161. The Balaban J connectivity index is 2.68. The summed E-state index contributed by atoms with van der Waals surface area (Å²) in [6.45, 7) is 6.24. The lowest BCUT2D eigenvalue weighted by Crippen LogP contribution is -2.30. The van der Waals surface area contributed by atoms with E-state index in [0.717, 1.165) is 5.69 Å². The number of carbonyl (C=O) groups is 2. The van der Waals surface area contributed by atoms with E-state index in [9.17, 15) is 9.59 Å². The maximum absolute atomic E-state index is 11.5. The predicted octanol–water partition coefficient (Wildman–Crippen LogP) is 1.66. The first-order valence-electron chi connectivity index (χ1n) is 6.16. The summed E-state index contributed by atoms with van der Waals surface area (Å²) < 4.78 is 1.84. The first-order chi connectivity index (χ1) is 8.45. The second-order valence-electron chi connectivity index (χ2n) is 4.50. The smallest absolute Gasteiger partial charge is 0.337 e. The molecule has 5 heteroatoms. The minimum atomic E-state index is -0.919. The van der Waals surface area contributed by atoms with Crippen molar-refractivity contribution in [2.24, 2.45) is 0 Å². The third-order valence-corrected chi connectivity index (χ3v) is 2.67. The number of aromatic carboxylic acids is 1. The molecule has 0 bridgehead atoms. The number of nitrogens with one attached hydrogen (secondary N) is 1. The van der Waals surface area contributed by atoms with Gasteiger partial charge in [-0.3, -0.25) is 4.79 Å². The topological polar surface area (TPSA) is 71.3 Å². The van der Waals surface area contributed by atoms with Crippen molar-refractivity contribution in [3.63, 3.8) is 0 Å². The summed E-state index contributed by atoms with van der Waals surface area (Å²) >= 11 is 0. The number of hydrogen-bond acceptors (Lipinski definition) is 2. The van der Waals surface area contributed by atoms with Gasteiger partial charge in [-0.1, -0.05) is 6.92 Å². The van der Waals surface area contributed by atoms with E-state index in [0.29, 0.717) is 24.9 Å². The average molecular weight is 252 g/mol. The van der Waals surface area contributed by atoms with E-state index in [1.54, 1.807) is 12.3 Å². The molecule has 1 aromatic rings. The van der Waals surface area contributed by atoms with E-state index < -0.39 is 5.97 Å². The summed E-state index contributed by atoms with van der Waals surface area (Å²) in [5.41, 5.74) is 1.08. The van der Waals surface area contributed by atoms with Gasteiger partial charge in [0.25, 0.3) is 0 Å². The molecule has 1 aromatic heterocycles. The Bertz CT molecular complexity index is 435. The average Bonchev–Trinajstić information content (AvgIpc) is 2.68. The van der Waals surface area contributed by atoms with Gasteiger partial charge < -0.3 is 15.0 Å². The highest BCUT2D eigenvalue weighted by Crippen LogP contribution is 2.12. The number of aryl methyl sites for hydroxylation is 1. The number of amides is 1. The lowest BCUT2D eigenvalue weighted by molar-refractivity contribution is -0.121. The largest absolute Gasteiger partial charge is 0.478 e. The quantitative estimate of drug-likeness (QED) is 0.809. The molecule has 100 valence electrons. The Labute approximate surface area is 107 Å².